The first-order chi connectivity index (χ1) is 9.69. The van der Waals surface area contributed by atoms with Crippen molar-refractivity contribution in [2.45, 2.75) is 44.6 Å². The summed E-state index contributed by atoms with van der Waals surface area (Å²) in [5.74, 6) is -0.0986. The van der Waals surface area contributed by atoms with Crippen molar-refractivity contribution in [1.82, 2.24) is 4.98 Å². The van der Waals surface area contributed by atoms with Crippen LogP contribution in [0.25, 0.3) is 0 Å². The summed E-state index contributed by atoms with van der Waals surface area (Å²) in [6.45, 7) is 0.790. The number of hydrogen-bond acceptors (Lipinski definition) is 4. The van der Waals surface area contributed by atoms with Gasteiger partial charge in [-0.05, 0) is 43.7 Å². The third kappa shape index (κ3) is 2.22. The Hall–Kier alpha value is -2.09. The number of carboxylic acids is 1. The van der Waals surface area contributed by atoms with Crippen LogP contribution >= 0.6 is 0 Å². The second-order valence-electron chi connectivity index (χ2n) is 5.52. The standard InChI is InChI=1S/C15H17N3O2/c16-9-11-7-10-3-1-5-13(10)17-15(11)18-6-2-4-12(18)8-14(19)20/h7,12H,1-6,8H2,(H,19,20). The van der Waals surface area contributed by atoms with Crippen molar-refractivity contribution in [2.75, 3.05) is 11.4 Å². The summed E-state index contributed by atoms with van der Waals surface area (Å²) in [6.07, 6.45) is 4.98. The summed E-state index contributed by atoms with van der Waals surface area (Å²) >= 11 is 0. The van der Waals surface area contributed by atoms with Gasteiger partial charge in [0.15, 0.2) is 0 Å². The third-order valence-corrected chi connectivity index (χ3v) is 4.21. The normalized spacial score (nSPS) is 20.8. The molecule has 0 aromatic carbocycles. The number of hydrogen-bond donors (Lipinski definition) is 1. The predicted molar refractivity (Wildman–Crippen MR) is 73.6 cm³/mol. The van der Waals surface area contributed by atoms with Gasteiger partial charge >= 0.3 is 5.97 Å². The molecule has 5 heteroatoms. The van der Waals surface area contributed by atoms with Crippen LogP contribution in [0.5, 0.6) is 0 Å². The van der Waals surface area contributed by atoms with E-state index in [0.717, 1.165) is 44.3 Å². The number of aromatic nitrogens is 1. The molecule has 1 unspecified atom stereocenters. The number of anilines is 1. The monoisotopic (exact) mass is 271 g/mol. The van der Waals surface area contributed by atoms with Gasteiger partial charge in [0, 0.05) is 18.3 Å². The molecule has 1 atom stereocenters. The zero-order valence-electron chi connectivity index (χ0n) is 11.3. The Balaban J connectivity index is 1.96. The van der Waals surface area contributed by atoms with Gasteiger partial charge in [0.1, 0.15) is 11.9 Å². The minimum Gasteiger partial charge on any atom is -0.481 e. The predicted octanol–water partition coefficient (Wildman–Crippen LogP) is 1.89. The summed E-state index contributed by atoms with van der Waals surface area (Å²) in [4.78, 5) is 17.7. The van der Waals surface area contributed by atoms with Crippen LogP contribution in [0.1, 0.15) is 42.5 Å². The van der Waals surface area contributed by atoms with E-state index >= 15 is 0 Å². The molecular formula is C15H17N3O2. The summed E-state index contributed by atoms with van der Waals surface area (Å²) in [6, 6.07) is 4.13. The molecule has 0 radical (unpaired) electrons. The van der Waals surface area contributed by atoms with E-state index in [0.29, 0.717) is 11.4 Å². The number of fused-ring (bicyclic) bond motifs is 1. The SMILES string of the molecule is N#Cc1cc2c(nc1N1CCCC1CC(=O)O)CCC2. The largest absolute Gasteiger partial charge is 0.481 e. The maximum absolute atomic E-state index is 11.0. The van der Waals surface area contributed by atoms with Crippen LogP contribution in [0, 0.1) is 11.3 Å². The number of nitriles is 1. The molecule has 0 saturated carbocycles. The average molecular weight is 271 g/mol. The van der Waals surface area contributed by atoms with Crippen molar-refractivity contribution in [1.29, 1.82) is 5.26 Å². The van der Waals surface area contributed by atoms with Gasteiger partial charge in [-0.2, -0.15) is 5.26 Å². The van der Waals surface area contributed by atoms with Gasteiger partial charge in [0.05, 0.1) is 12.0 Å². The highest BCUT2D eigenvalue weighted by Gasteiger charge is 2.30. The Labute approximate surface area is 117 Å². The third-order valence-electron chi connectivity index (χ3n) is 4.21. The lowest BCUT2D eigenvalue weighted by Crippen LogP contribution is -2.32. The fraction of sp³-hybridized carbons (Fsp3) is 0.533. The Bertz CT molecular complexity index is 592. The number of pyridine rings is 1. The van der Waals surface area contributed by atoms with Gasteiger partial charge in [0.2, 0.25) is 0 Å². The molecule has 1 N–H and O–H groups in total. The average Bonchev–Trinajstić information content (AvgIpc) is 3.04. The lowest BCUT2D eigenvalue weighted by molar-refractivity contribution is -0.137. The van der Waals surface area contributed by atoms with E-state index in [4.69, 9.17) is 5.11 Å². The molecule has 1 saturated heterocycles. The highest BCUT2D eigenvalue weighted by Crippen LogP contribution is 2.32. The first-order valence-corrected chi connectivity index (χ1v) is 7.10. The molecule has 1 aliphatic heterocycles. The van der Waals surface area contributed by atoms with Gasteiger partial charge in [-0.15, -0.1) is 0 Å². The van der Waals surface area contributed by atoms with Crippen LogP contribution in [0.4, 0.5) is 5.82 Å². The number of carboxylic acid groups (broad SMARTS) is 1. The molecule has 2 heterocycles. The molecule has 104 valence electrons. The fourth-order valence-electron chi connectivity index (χ4n) is 3.29. The van der Waals surface area contributed by atoms with Crippen LogP contribution in [0.15, 0.2) is 6.07 Å². The van der Waals surface area contributed by atoms with Crippen LogP contribution in [0.2, 0.25) is 0 Å². The van der Waals surface area contributed by atoms with Crippen LogP contribution in [-0.4, -0.2) is 28.6 Å². The molecule has 0 spiro atoms. The molecule has 1 fully saturated rings. The second kappa shape index (κ2) is 5.12. The molecule has 3 rings (SSSR count). The van der Waals surface area contributed by atoms with E-state index in [9.17, 15) is 10.1 Å². The quantitative estimate of drug-likeness (QED) is 0.908. The lowest BCUT2D eigenvalue weighted by atomic mass is 10.1. The topological polar surface area (TPSA) is 77.2 Å². The van der Waals surface area contributed by atoms with E-state index in [1.54, 1.807) is 0 Å². The summed E-state index contributed by atoms with van der Waals surface area (Å²) < 4.78 is 0. The first kappa shape index (κ1) is 12.9. The van der Waals surface area contributed by atoms with Crippen molar-refractivity contribution in [3.05, 3.63) is 22.9 Å². The zero-order valence-corrected chi connectivity index (χ0v) is 11.3. The maximum atomic E-state index is 11.0. The summed E-state index contributed by atoms with van der Waals surface area (Å²) in [5, 5.41) is 18.4. The molecule has 0 bridgehead atoms. The minimum atomic E-state index is -0.790. The van der Waals surface area contributed by atoms with Crippen LogP contribution < -0.4 is 4.90 Å². The summed E-state index contributed by atoms with van der Waals surface area (Å²) in [5.41, 5.74) is 2.85. The van der Waals surface area contributed by atoms with Gasteiger partial charge in [-0.1, -0.05) is 0 Å². The van der Waals surface area contributed by atoms with Crippen LogP contribution in [-0.2, 0) is 17.6 Å². The molecule has 1 aromatic rings. The van der Waals surface area contributed by atoms with Crippen molar-refractivity contribution >= 4 is 11.8 Å². The van der Waals surface area contributed by atoms with E-state index in [1.165, 1.54) is 5.56 Å². The Morgan fingerprint density at radius 2 is 2.35 bits per heavy atom. The van der Waals surface area contributed by atoms with Gasteiger partial charge in [0.25, 0.3) is 0 Å². The Morgan fingerprint density at radius 3 is 3.10 bits per heavy atom. The smallest absolute Gasteiger partial charge is 0.305 e. The highest BCUT2D eigenvalue weighted by atomic mass is 16.4. The number of carbonyl (C=O) groups is 1. The van der Waals surface area contributed by atoms with Crippen molar-refractivity contribution in [3.8, 4) is 6.07 Å². The lowest BCUT2D eigenvalue weighted by Gasteiger charge is -2.26. The molecular weight excluding hydrogens is 254 g/mol. The molecule has 5 nitrogen and oxygen atoms in total. The maximum Gasteiger partial charge on any atom is 0.305 e. The van der Waals surface area contributed by atoms with E-state index in [2.05, 4.69) is 11.1 Å². The van der Waals surface area contributed by atoms with Crippen molar-refractivity contribution < 1.29 is 9.90 Å². The first-order valence-electron chi connectivity index (χ1n) is 7.10. The van der Waals surface area contributed by atoms with E-state index in [-0.39, 0.29) is 12.5 Å². The number of aliphatic carboxylic acids is 1. The summed E-state index contributed by atoms with van der Waals surface area (Å²) in [7, 11) is 0. The van der Waals surface area contributed by atoms with Gasteiger partial charge in [-0.25, -0.2) is 4.98 Å². The van der Waals surface area contributed by atoms with Crippen LogP contribution in [0.3, 0.4) is 0 Å². The number of rotatable bonds is 3. The van der Waals surface area contributed by atoms with Crippen molar-refractivity contribution in [3.63, 3.8) is 0 Å². The van der Waals surface area contributed by atoms with Crippen molar-refractivity contribution in [2.24, 2.45) is 0 Å². The van der Waals surface area contributed by atoms with Gasteiger partial charge < -0.3 is 10.0 Å². The number of nitrogens with zero attached hydrogens (tertiary/aromatic N) is 3. The Morgan fingerprint density at radius 1 is 1.50 bits per heavy atom. The molecule has 1 aliphatic carbocycles. The van der Waals surface area contributed by atoms with Gasteiger partial charge in [-0.3, -0.25) is 4.79 Å². The zero-order chi connectivity index (χ0) is 14.1. The van der Waals surface area contributed by atoms with E-state index in [1.807, 2.05) is 11.0 Å². The molecule has 20 heavy (non-hydrogen) atoms. The number of aryl methyl sites for hydroxylation is 2. The molecule has 2 aliphatic rings. The molecule has 1 aromatic heterocycles. The highest BCUT2D eigenvalue weighted by molar-refractivity contribution is 5.69. The Kier molecular flexibility index (Phi) is 3.31. The fourth-order valence-corrected chi connectivity index (χ4v) is 3.29. The minimum absolute atomic E-state index is 0.0356. The molecule has 0 amide bonds. The second-order valence-corrected chi connectivity index (χ2v) is 5.52. The van der Waals surface area contributed by atoms with E-state index < -0.39 is 5.97 Å².